The maximum atomic E-state index is 12.9. The van der Waals surface area contributed by atoms with Gasteiger partial charge in [-0.3, -0.25) is 9.59 Å². The predicted octanol–water partition coefficient (Wildman–Crippen LogP) is 2.56. The molecule has 3 rings (SSSR count). The zero-order valence-corrected chi connectivity index (χ0v) is 17.1. The van der Waals surface area contributed by atoms with E-state index in [1.807, 2.05) is 20.2 Å². The lowest BCUT2D eigenvalue weighted by Crippen LogP contribution is -3.06. The third kappa shape index (κ3) is 3.92. The number of carbonyl (C=O) groups is 2. The maximum absolute atomic E-state index is 12.9. The quantitative estimate of drug-likeness (QED) is 0.444. The predicted molar refractivity (Wildman–Crippen MR) is 110 cm³/mol. The number of hydrogen-bond acceptors (Lipinski definition) is 3. The third-order valence-corrected chi connectivity index (χ3v) is 5.26. The summed E-state index contributed by atoms with van der Waals surface area (Å²) in [7, 11) is 3.93. The van der Waals surface area contributed by atoms with Crippen LogP contribution in [0.5, 0.6) is 0 Å². The van der Waals surface area contributed by atoms with Crippen LogP contribution in [-0.4, -0.2) is 48.9 Å². The second-order valence-electron chi connectivity index (χ2n) is 6.98. The zero-order chi connectivity index (χ0) is 20.4. The van der Waals surface area contributed by atoms with Gasteiger partial charge in [-0.2, -0.15) is 0 Å². The van der Waals surface area contributed by atoms with Crippen molar-refractivity contribution in [3.63, 3.8) is 0 Å². The summed E-state index contributed by atoms with van der Waals surface area (Å²) in [4.78, 5) is 28.2. The van der Waals surface area contributed by atoms with Crippen LogP contribution < -0.4 is 4.90 Å². The summed E-state index contributed by atoms with van der Waals surface area (Å²) in [6, 6.07) is 12.8. The molecular formula is C21H21Cl2N2O3+. The van der Waals surface area contributed by atoms with Crippen molar-refractivity contribution in [1.82, 2.24) is 4.90 Å². The Bertz CT molecular complexity index is 942. The number of Topliss-reactive ketones (excluding diaryl/α,β-unsaturated/α-hetero) is 1. The molecule has 1 saturated heterocycles. The van der Waals surface area contributed by atoms with Gasteiger partial charge in [-0.15, -0.1) is 0 Å². The number of nitrogens with one attached hydrogen (secondary N) is 1. The Morgan fingerprint density at radius 1 is 1.11 bits per heavy atom. The third-order valence-electron chi connectivity index (χ3n) is 4.70. The Morgan fingerprint density at radius 3 is 2.39 bits per heavy atom. The molecule has 1 heterocycles. The summed E-state index contributed by atoms with van der Waals surface area (Å²) in [6.07, 6.45) is 0. The lowest BCUT2D eigenvalue weighted by atomic mass is 9.95. The number of aliphatic hydroxyl groups excluding tert-OH is 1. The van der Waals surface area contributed by atoms with Crippen LogP contribution in [0.15, 0.2) is 54.1 Å². The molecule has 7 heteroatoms. The van der Waals surface area contributed by atoms with E-state index in [1.54, 1.807) is 42.5 Å². The van der Waals surface area contributed by atoms with E-state index < -0.39 is 17.7 Å². The van der Waals surface area contributed by atoms with Gasteiger partial charge in [0.2, 0.25) is 0 Å². The fourth-order valence-corrected chi connectivity index (χ4v) is 3.76. The van der Waals surface area contributed by atoms with Crippen molar-refractivity contribution in [2.75, 3.05) is 27.2 Å². The minimum absolute atomic E-state index is 0.0363. The van der Waals surface area contributed by atoms with Crippen LogP contribution in [0.1, 0.15) is 17.2 Å². The number of nitrogens with zero attached hydrogens (tertiary/aromatic N) is 1. The van der Waals surface area contributed by atoms with Crippen LogP contribution in [0.3, 0.4) is 0 Å². The molecule has 0 aromatic heterocycles. The van der Waals surface area contributed by atoms with E-state index in [0.29, 0.717) is 34.3 Å². The molecule has 28 heavy (non-hydrogen) atoms. The van der Waals surface area contributed by atoms with Crippen LogP contribution in [0.2, 0.25) is 10.0 Å². The molecule has 0 saturated carbocycles. The fraction of sp³-hybridized carbons (Fsp3) is 0.238. The van der Waals surface area contributed by atoms with Gasteiger partial charge in [0, 0.05) is 15.6 Å². The summed E-state index contributed by atoms with van der Waals surface area (Å²) < 4.78 is 0. The minimum Gasteiger partial charge on any atom is -0.507 e. The summed E-state index contributed by atoms with van der Waals surface area (Å²) in [5, 5.41) is 11.7. The molecule has 2 aromatic carbocycles. The Labute approximate surface area is 173 Å². The average Bonchev–Trinajstić information content (AvgIpc) is 2.91. The van der Waals surface area contributed by atoms with E-state index in [-0.39, 0.29) is 11.3 Å². The molecule has 5 nitrogen and oxygen atoms in total. The lowest BCUT2D eigenvalue weighted by Gasteiger charge is -2.26. The highest BCUT2D eigenvalue weighted by Crippen LogP contribution is 2.42. The summed E-state index contributed by atoms with van der Waals surface area (Å²) in [6.45, 7) is 0.988. The van der Waals surface area contributed by atoms with Crippen LogP contribution >= 0.6 is 23.2 Å². The second kappa shape index (κ2) is 8.35. The summed E-state index contributed by atoms with van der Waals surface area (Å²) in [5.41, 5.74) is 1.06. The topological polar surface area (TPSA) is 62.0 Å². The highest BCUT2D eigenvalue weighted by atomic mass is 35.5. The standard InChI is InChI=1S/C21H20Cl2N2O3/c1-24(2)10-11-25-18(15-9-8-14(22)12-16(15)23)17(20(27)21(25)28)19(26)13-6-4-3-5-7-13/h3-9,12,18,26H,10-11H2,1-2H3/p+1/b19-17+/t18-/m0/s1. The number of halogens is 2. The van der Waals surface area contributed by atoms with E-state index in [0.717, 1.165) is 4.90 Å². The lowest BCUT2D eigenvalue weighted by molar-refractivity contribution is -0.857. The van der Waals surface area contributed by atoms with Crippen LogP contribution in [0.25, 0.3) is 5.76 Å². The van der Waals surface area contributed by atoms with Crippen molar-refractivity contribution in [3.8, 4) is 0 Å². The van der Waals surface area contributed by atoms with Crippen molar-refractivity contribution in [3.05, 3.63) is 75.3 Å². The highest BCUT2D eigenvalue weighted by Gasteiger charge is 2.46. The van der Waals surface area contributed by atoms with E-state index in [9.17, 15) is 14.7 Å². The molecule has 1 aliphatic rings. The van der Waals surface area contributed by atoms with Gasteiger partial charge < -0.3 is 14.9 Å². The van der Waals surface area contributed by atoms with E-state index in [2.05, 4.69) is 0 Å². The fourth-order valence-electron chi connectivity index (χ4n) is 3.25. The molecule has 0 bridgehead atoms. The van der Waals surface area contributed by atoms with Crippen molar-refractivity contribution < 1.29 is 19.6 Å². The van der Waals surface area contributed by atoms with Gasteiger partial charge in [0.05, 0.1) is 38.8 Å². The molecule has 1 aliphatic heterocycles. The first-order valence-corrected chi connectivity index (χ1v) is 9.64. The van der Waals surface area contributed by atoms with E-state index in [4.69, 9.17) is 23.2 Å². The van der Waals surface area contributed by atoms with Crippen molar-refractivity contribution >= 4 is 40.7 Å². The smallest absolute Gasteiger partial charge is 0.295 e. The van der Waals surface area contributed by atoms with Gasteiger partial charge in [0.15, 0.2) is 0 Å². The van der Waals surface area contributed by atoms with Crippen LogP contribution in [0.4, 0.5) is 0 Å². The maximum Gasteiger partial charge on any atom is 0.295 e. The summed E-state index contributed by atoms with van der Waals surface area (Å²) in [5.74, 6) is -1.57. The zero-order valence-electron chi connectivity index (χ0n) is 15.6. The average molecular weight is 420 g/mol. The van der Waals surface area contributed by atoms with Gasteiger partial charge in [-0.05, 0) is 17.7 Å². The SMILES string of the molecule is C[NH+](C)CCN1C(=O)C(=O)/C(=C(/O)c2ccccc2)[C@@H]1c1ccc(Cl)cc1Cl. The molecule has 0 spiro atoms. The van der Waals surface area contributed by atoms with Gasteiger partial charge in [0.1, 0.15) is 5.76 Å². The Morgan fingerprint density at radius 2 is 1.79 bits per heavy atom. The number of aliphatic hydroxyl groups is 1. The number of ketones is 1. The van der Waals surface area contributed by atoms with Gasteiger partial charge in [-0.25, -0.2) is 0 Å². The first-order chi connectivity index (χ1) is 13.3. The second-order valence-corrected chi connectivity index (χ2v) is 7.83. The molecule has 146 valence electrons. The number of likely N-dealkylation sites (tertiary alicyclic amines) is 1. The molecule has 2 aromatic rings. The number of benzene rings is 2. The number of carbonyl (C=O) groups excluding carboxylic acids is 2. The Hall–Kier alpha value is -2.34. The number of quaternary nitrogens is 1. The molecule has 0 aliphatic carbocycles. The molecule has 1 fully saturated rings. The number of amides is 1. The molecule has 1 atom stereocenters. The van der Waals surface area contributed by atoms with Crippen LogP contribution in [0, 0.1) is 0 Å². The normalized spacial score (nSPS) is 18.9. The van der Waals surface area contributed by atoms with Crippen LogP contribution in [-0.2, 0) is 9.59 Å². The van der Waals surface area contributed by atoms with E-state index in [1.165, 1.54) is 4.90 Å². The van der Waals surface area contributed by atoms with Crippen molar-refractivity contribution in [1.29, 1.82) is 0 Å². The molecule has 2 N–H and O–H groups in total. The largest absolute Gasteiger partial charge is 0.507 e. The highest BCUT2D eigenvalue weighted by molar-refractivity contribution is 6.47. The number of rotatable bonds is 5. The Kier molecular flexibility index (Phi) is 6.08. The van der Waals surface area contributed by atoms with Crippen molar-refractivity contribution in [2.24, 2.45) is 0 Å². The molecule has 0 radical (unpaired) electrons. The molecule has 0 unspecified atom stereocenters. The minimum atomic E-state index is -0.774. The van der Waals surface area contributed by atoms with Crippen molar-refractivity contribution in [2.45, 2.75) is 6.04 Å². The number of likely N-dealkylation sites (N-methyl/N-ethyl adjacent to an activating group) is 1. The number of hydrogen-bond donors (Lipinski definition) is 2. The molecular weight excluding hydrogens is 399 g/mol. The van der Waals surface area contributed by atoms with Gasteiger partial charge >= 0.3 is 0 Å². The Balaban J connectivity index is 2.18. The van der Waals surface area contributed by atoms with Gasteiger partial charge in [-0.1, -0.05) is 59.6 Å². The molecule has 1 amide bonds. The van der Waals surface area contributed by atoms with Gasteiger partial charge in [0.25, 0.3) is 11.7 Å². The van der Waals surface area contributed by atoms with E-state index >= 15 is 0 Å². The summed E-state index contributed by atoms with van der Waals surface area (Å²) >= 11 is 12.4. The monoisotopic (exact) mass is 419 g/mol. The first-order valence-electron chi connectivity index (χ1n) is 8.89. The first kappa shape index (κ1) is 20.4.